The third kappa shape index (κ3) is 2.80. The normalized spacial score (nSPS) is 26.5. The molecule has 1 heterocycles. The molecule has 0 bridgehead atoms. The largest absolute Gasteiger partial charge is 0.454 e. The minimum absolute atomic E-state index is 0.0470. The van der Waals surface area contributed by atoms with Gasteiger partial charge in [-0.25, -0.2) is 0 Å². The molecule has 0 fully saturated rings. The Kier molecular flexibility index (Phi) is 1.30. The molecule has 1 N–H and O–H groups in total. The van der Waals surface area contributed by atoms with E-state index >= 15 is 0 Å². The fraction of sp³-hybridized carbons (Fsp3) is 0.429. The molecule has 1 aliphatic rings. The summed E-state index contributed by atoms with van der Waals surface area (Å²) < 4.78 is 78.2. The van der Waals surface area contributed by atoms with Crippen LogP contribution in [0.1, 0.15) is 38.5 Å². The van der Waals surface area contributed by atoms with Gasteiger partial charge < -0.3 is 14.6 Å². The van der Waals surface area contributed by atoms with Crippen molar-refractivity contribution in [2.24, 2.45) is 5.41 Å². The fourth-order valence-electron chi connectivity index (χ4n) is 1.36. The molecule has 0 aromatic heterocycles. The van der Waals surface area contributed by atoms with Gasteiger partial charge in [-0.3, -0.25) is 0 Å². The molecule has 1 aliphatic heterocycles. The second-order valence-corrected chi connectivity index (χ2v) is 3.72. The molecule has 2 rings (SSSR count). The topological polar surface area (TPSA) is 38.7 Å². The Morgan fingerprint density at radius 3 is 2.88 bits per heavy atom. The summed E-state index contributed by atoms with van der Waals surface area (Å²) in [6, 6.07) is 4.69. The Morgan fingerprint density at radius 2 is 2.12 bits per heavy atom. The van der Waals surface area contributed by atoms with Crippen molar-refractivity contribution in [2.75, 3.05) is 6.79 Å². The zero-order valence-corrected chi connectivity index (χ0v) is 8.93. The van der Waals surface area contributed by atoms with E-state index in [1.807, 2.05) is 0 Å². The van der Waals surface area contributed by atoms with Gasteiger partial charge in [0.2, 0.25) is 6.79 Å². The average Bonchev–Trinajstić information content (AvgIpc) is 2.88. The van der Waals surface area contributed by atoms with E-state index in [2.05, 4.69) is 0 Å². The summed E-state index contributed by atoms with van der Waals surface area (Å²) >= 11 is 0. The lowest BCUT2D eigenvalue weighted by Gasteiger charge is -2.22. The molecular weight excluding hydrogens is 216 g/mol. The van der Waals surface area contributed by atoms with Crippen LogP contribution in [0.15, 0.2) is 24.3 Å². The fourth-order valence-corrected chi connectivity index (χ4v) is 1.36. The Bertz CT molecular complexity index is 652. The van der Waals surface area contributed by atoms with Crippen LogP contribution in [0.2, 0.25) is 0 Å². The summed E-state index contributed by atoms with van der Waals surface area (Å²) in [6.07, 6.45) is -0.173. The predicted octanol–water partition coefficient (Wildman–Crippen LogP) is 2.84. The first-order valence-corrected chi connectivity index (χ1v) is 4.98. The number of fused-ring (bicyclic) bond motifs is 1. The molecule has 1 aromatic rings. The first-order chi connectivity index (χ1) is 11.7. The molecule has 1 aromatic carbocycles. The molecule has 0 radical (unpaired) electrons. The maximum atomic E-state index is 10.4. The molecule has 0 saturated carbocycles. The quantitative estimate of drug-likeness (QED) is 0.868. The number of benzene rings is 1. The summed E-state index contributed by atoms with van der Waals surface area (Å²) in [7, 11) is 0. The Labute approximate surface area is 114 Å². The van der Waals surface area contributed by atoms with Crippen molar-refractivity contribution in [3.8, 4) is 11.5 Å². The number of rotatable bonds is 2. The van der Waals surface area contributed by atoms with Crippen molar-refractivity contribution >= 4 is 6.08 Å². The van der Waals surface area contributed by atoms with Crippen molar-refractivity contribution < 1.29 is 26.9 Å². The van der Waals surface area contributed by atoms with Crippen LogP contribution in [-0.4, -0.2) is 18.0 Å². The van der Waals surface area contributed by atoms with Crippen molar-refractivity contribution in [1.82, 2.24) is 0 Å². The molecule has 3 nitrogen and oxygen atoms in total. The van der Waals surface area contributed by atoms with E-state index in [-0.39, 0.29) is 6.79 Å². The third-order valence-electron chi connectivity index (χ3n) is 2.31. The maximum absolute atomic E-state index is 10.4. The number of aliphatic hydroxyl groups is 1. The Morgan fingerprint density at radius 1 is 1.35 bits per heavy atom. The van der Waals surface area contributed by atoms with E-state index in [1.165, 1.54) is 12.1 Å². The standard InChI is InChI=1S/C14H18O3/c1-14(2,3)13(15)7-5-10-4-6-11-12(8-10)17-9-16-11/h4-8,13,15H,9H2,1-3H3/b7-5+/t13-/m0/s1/i1D3,2D3,3D3. The molecule has 0 aliphatic carbocycles. The maximum Gasteiger partial charge on any atom is 0.231 e. The highest BCUT2D eigenvalue weighted by Gasteiger charge is 2.19. The molecule has 0 unspecified atom stereocenters. The van der Waals surface area contributed by atoms with Crippen molar-refractivity contribution in [1.29, 1.82) is 0 Å². The van der Waals surface area contributed by atoms with Gasteiger partial charge in [0.05, 0.1) is 6.10 Å². The molecule has 0 saturated heterocycles. The summed E-state index contributed by atoms with van der Waals surface area (Å²) in [5, 5.41) is 10.4. The van der Waals surface area contributed by atoms with Crippen LogP contribution in [0.25, 0.3) is 6.08 Å². The van der Waals surface area contributed by atoms with Crippen LogP contribution in [0, 0.1) is 5.41 Å². The van der Waals surface area contributed by atoms with Gasteiger partial charge in [-0.1, -0.05) is 38.8 Å². The van der Waals surface area contributed by atoms with Crippen LogP contribution in [0.4, 0.5) is 0 Å². The predicted molar refractivity (Wildman–Crippen MR) is 67.1 cm³/mol. The molecule has 0 amide bonds. The second-order valence-electron chi connectivity index (χ2n) is 3.72. The van der Waals surface area contributed by atoms with Gasteiger partial charge in [0, 0.05) is 12.3 Å². The van der Waals surface area contributed by atoms with Crippen LogP contribution in [0.3, 0.4) is 0 Å². The smallest absolute Gasteiger partial charge is 0.231 e. The minimum Gasteiger partial charge on any atom is -0.454 e. The number of ether oxygens (including phenoxy) is 2. The highest BCUT2D eigenvalue weighted by atomic mass is 16.7. The zero-order valence-electron chi connectivity index (χ0n) is 17.9. The van der Waals surface area contributed by atoms with E-state index in [9.17, 15) is 5.11 Å². The van der Waals surface area contributed by atoms with E-state index in [0.717, 1.165) is 6.08 Å². The van der Waals surface area contributed by atoms with E-state index in [0.29, 0.717) is 17.1 Å². The lowest BCUT2D eigenvalue weighted by molar-refractivity contribution is 0.106. The number of aliphatic hydroxyl groups excluding tert-OH is 1. The Hall–Kier alpha value is -1.48. The second kappa shape index (κ2) is 4.41. The molecule has 92 valence electrons. The summed E-state index contributed by atoms with van der Waals surface area (Å²) in [4.78, 5) is 0. The molecule has 3 heteroatoms. The molecule has 1 atom stereocenters. The molecular formula is C14H18O3. The van der Waals surface area contributed by atoms with Crippen LogP contribution >= 0.6 is 0 Å². The minimum atomic E-state index is -3.47. The van der Waals surface area contributed by atoms with Gasteiger partial charge in [-0.05, 0) is 23.1 Å². The lowest BCUT2D eigenvalue weighted by atomic mass is 9.89. The van der Waals surface area contributed by atoms with Gasteiger partial charge in [-0.2, -0.15) is 0 Å². The van der Waals surface area contributed by atoms with Gasteiger partial charge in [-0.15, -0.1) is 0 Å². The van der Waals surface area contributed by atoms with Crippen molar-refractivity contribution in [3.63, 3.8) is 0 Å². The van der Waals surface area contributed by atoms with Crippen molar-refractivity contribution in [3.05, 3.63) is 29.8 Å². The SMILES string of the molecule is [2H]C([2H])([2H])C([C@@H](O)/C=C/c1ccc2c(c1)OCO2)(C([2H])([2H])[2H])C([2H])([2H])[2H]. The lowest BCUT2D eigenvalue weighted by Crippen LogP contribution is -2.23. The summed E-state index contributed by atoms with van der Waals surface area (Å²) in [6.45, 7) is -10.4. The monoisotopic (exact) mass is 243 g/mol. The first-order valence-electron chi connectivity index (χ1n) is 9.48. The molecule has 17 heavy (non-hydrogen) atoms. The Balaban J connectivity index is 2.46. The number of hydrogen-bond acceptors (Lipinski definition) is 3. The highest BCUT2D eigenvalue weighted by molar-refractivity contribution is 5.56. The van der Waals surface area contributed by atoms with Gasteiger partial charge in [0.15, 0.2) is 11.5 Å². The first kappa shape index (κ1) is 5.02. The van der Waals surface area contributed by atoms with E-state index < -0.39 is 32.1 Å². The highest BCUT2D eigenvalue weighted by Crippen LogP contribution is 2.33. The average molecular weight is 243 g/mol. The van der Waals surface area contributed by atoms with Gasteiger partial charge in [0.25, 0.3) is 0 Å². The van der Waals surface area contributed by atoms with E-state index in [4.69, 9.17) is 21.8 Å². The summed E-state index contributed by atoms with van der Waals surface area (Å²) in [5.74, 6) is 0.930. The van der Waals surface area contributed by atoms with Crippen molar-refractivity contribution in [2.45, 2.75) is 26.7 Å². The third-order valence-corrected chi connectivity index (χ3v) is 2.31. The van der Waals surface area contributed by atoms with E-state index in [1.54, 1.807) is 12.1 Å². The van der Waals surface area contributed by atoms with Crippen LogP contribution in [0.5, 0.6) is 11.5 Å². The van der Waals surface area contributed by atoms with Crippen LogP contribution in [-0.2, 0) is 0 Å². The summed E-state index contributed by atoms with van der Waals surface area (Å²) in [5.41, 5.74) is -2.89. The zero-order chi connectivity index (χ0) is 20.0. The molecule has 0 spiro atoms. The van der Waals surface area contributed by atoms with Crippen LogP contribution < -0.4 is 9.47 Å². The van der Waals surface area contributed by atoms with Gasteiger partial charge in [0.1, 0.15) is 0 Å². The number of hydrogen-bond donors (Lipinski definition) is 1. The van der Waals surface area contributed by atoms with Gasteiger partial charge >= 0.3 is 0 Å².